The third-order valence-electron chi connectivity index (χ3n) is 8.27. The highest BCUT2D eigenvalue weighted by Crippen LogP contribution is 2.48. The Morgan fingerprint density at radius 2 is 1.12 bits per heavy atom. The first-order valence-electron chi connectivity index (χ1n) is 13.6. The highest BCUT2D eigenvalue weighted by molar-refractivity contribution is 6.09. The maximum atomic E-state index is 10.0. The minimum atomic E-state index is 0.184. The van der Waals surface area contributed by atoms with E-state index in [1.54, 1.807) is 0 Å². The molecule has 2 nitrogen and oxygen atoms in total. The number of nitrogens with zero attached hydrogens (tertiary/aromatic N) is 2. The Morgan fingerprint density at radius 3 is 1.77 bits per heavy atom. The summed E-state index contributed by atoms with van der Waals surface area (Å²) in [6.45, 7) is 0. The van der Waals surface area contributed by atoms with E-state index in [9.17, 15) is 5.26 Å². The number of aromatic nitrogens is 1. The van der Waals surface area contributed by atoms with Crippen LogP contribution >= 0.6 is 0 Å². The van der Waals surface area contributed by atoms with Crippen LogP contribution in [0.2, 0.25) is 0 Å². The number of fused-ring (bicyclic) bond motifs is 6. The van der Waals surface area contributed by atoms with Crippen molar-refractivity contribution < 1.29 is 0 Å². The van der Waals surface area contributed by atoms with Crippen molar-refractivity contribution in [2.24, 2.45) is 0 Å². The summed E-state index contributed by atoms with van der Waals surface area (Å²) in [6, 6.07) is 51.9. The topological polar surface area (TPSA) is 28.7 Å². The molecular weight excluding hydrogens is 484 g/mol. The van der Waals surface area contributed by atoms with Gasteiger partial charge >= 0.3 is 0 Å². The molecule has 7 aromatic rings. The summed E-state index contributed by atoms with van der Waals surface area (Å²) < 4.78 is 2.28. The van der Waals surface area contributed by atoms with Gasteiger partial charge in [-0.1, -0.05) is 109 Å². The standard InChI is InChI=1S/C38H24N2/c39-24-25-20-28(23-29(21-25)40-36-18-7-5-14-32(36)33-15-6-8-19-37(33)40)26-10-9-11-27(22-26)38-34-16-3-1-12-30(34)31-13-2-4-17-35(31)38/h1-23,38H. The molecule has 0 saturated carbocycles. The Kier molecular flexibility index (Phi) is 4.99. The number of para-hydroxylation sites is 2. The molecule has 6 aromatic carbocycles. The molecule has 1 aliphatic rings. The lowest BCUT2D eigenvalue weighted by Crippen LogP contribution is -2.00. The minimum absolute atomic E-state index is 0.184. The predicted octanol–water partition coefficient (Wildman–Crippen LogP) is 9.48. The summed E-state index contributed by atoms with van der Waals surface area (Å²) in [6.07, 6.45) is 0. The maximum Gasteiger partial charge on any atom is 0.0992 e. The van der Waals surface area contributed by atoms with E-state index in [-0.39, 0.29) is 5.92 Å². The van der Waals surface area contributed by atoms with Gasteiger partial charge in [0.25, 0.3) is 0 Å². The van der Waals surface area contributed by atoms with Crippen LogP contribution in [0.3, 0.4) is 0 Å². The maximum absolute atomic E-state index is 10.0. The van der Waals surface area contributed by atoms with Crippen LogP contribution in [0.5, 0.6) is 0 Å². The summed E-state index contributed by atoms with van der Waals surface area (Å²) in [5.41, 5.74) is 12.6. The largest absolute Gasteiger partial charge is 0.309 e. The molecule has 0 radical (unpaired) electrons. The Bertz CT molecular complexity index is 2040. The van der Waals surface area contributed by atoms with Gasteiger partial charge in [0.05, 0.1) is 22.7 Å². The van der Waals surface area contributed by atoms with Gasteiger partial charge < -0.3 is 4.57 Å². The fraction of sp³-hybridized carbons (Fsp3) is 0.0263. The molecule has 2 heteroatoms. The Labute approximate surface area is 233 Å². The molecule has 186 valence electrons. The predicted molar refractivity (Wildman–Crippen MR) is 164 cm³/mol. The monoisotopic (exact) mass is 508 g/mol. The SMILES string of the molecule is N#Cc1cc(-c2cccc(C3c4ccccc4-c4ccccc43)c2)cc(-n2c3ccccc3c3ccccc32)c1. The van der Waals surface area contributed by atoms with Crippen LogP contribution in [0.1, 0.15) is 28.2 Å². The van der Waals surface area contributed by atoms with Crippen LogP contribution in [-0.4, -0.2) is 4.57 Å². The number of hydrogen-bond donors (Lipinski definition) is 0. The van der Waals surface area contributed by atoms with E-state index in [0.29, 0.717) is 5.56 Å². The third kappa shape index (κ3) is 3.35. The first-order valence-corrected chi connectivity index (χ1v) is 13.6. The Hall–Kier alpha value is -5.39. The van der Waals surface area contributed by atoms with Crippen molar-refractivity contribution in [2.75, 3.05) is 0 Å². The van der Waals surface area contributed by atoms with Gasteiger partial charge in [0.15, 0.2) is 0 Å². The van der Waals surface area contributed by atoms with E-state index in [4.69, 9.17) is 0 Å². The van der Waals surface area contributed by atoms with Crippen molar-refractivity contribution in [1.29, 1.82) is 5.26 Å². The van der Waals surface area contributed by atoms with Crippen LogP contribution in [0.15, 0.2) is 140 Å². The van der Waals surface area contributed by atoms with Gasteiger partial charge in [-0.15, -0.1) is 0 Å². The average Bonchev–Trinajstić information content (AvgIpc) is 3.54. The molecular formula is C38H24N2. The van der Waals surface area contributed by atoms with Gasteiger partial charge in [-0.05, 0) is 69.3 Å². The van der Waals surface area contributed by atoms with E-state index in [1.165, 1.54) is 38.6 Å². The molecule has 0 aliphatic heterocycles. The second-order valence-corrected chi connectivity index (χ2v) is 10.5. The van der Waals surface area contributed by atoms with Crippen molar-refractivity contribution >= 4 is 21.8 Å². The zero-order chi connectivity index (χ0) is 26.6. The molecule has 8 rings (SSSR count). The van der Waals surface area contributed by atoms with E-state index < -0.39 is 0 Å². The lowest BCUT2D eigenvalue weighted by molar-refractivity contribution is 1.02. The van der Waals surface area contributed by atoms with Gasteiger partial charge in [-0.25, -0.2) is 0 Å². The molecule has 1 aromatic heterocycles. The summed E-state index contributed by atoms with van der Waals surface area (Å²) in [7, 11) is 0. The minimum Gasteiger partial charge on any atom is -0.309 e. The number of nitriles is 1. The zero-order valence-corrected chi connectivity index (χ0v) is 21.8. The molecule has 0 unspecified atom stereocenters. The van der Waals surface area contributed by atoms with Crippen LogP contribution in [-0.2, 0) is 0 Å². The Balaban J connectivity index is 1.31. The van der Waals surface area contributed by atoms with Crippen molar-refractivity contribution in [3.63, 3.8) is 0 Å². The second kappa shape index (κ2) is 8.83. The van der Waals surface area contributed by atoms with Gasteiger partial charge in [0, 0.05) is 22.4 Å². The van der Waals surface area contributed by atoms with Crippen LogP contribution < -0.4 is 0 Å². The van der Waals surface area contributed by atoms with Crippen LogP contribution in [0, 0.1) is 11.3 Å². The van der Waals surface area contributed by atoms with E-state index in [1.807, 2.05) is 12.1 Å². The normalized spacial score (nSPS) is 12.4. The molecule has 0 fully saturated rings. The van der Waals surface area contributed by atoms with Crippen molar-refractivity contribution in [3.8, 4) is 34.0 Å². The molecule has 0 amide bonds. The lowest BCUT2D eigenvalue weighted by Gasteiger charge is -2.16. The number of rotatable bonds is 3. The van der Waals surface area contributed by atoms with Gasteiger partial charge in [0.2, 0.25) is 0 Å². The van der Waals surface area contributed by atoms with Gasteiger partial charge in [-0.3, -0.25) is 0 Å². The third-order valence-corrected chi connectivity index (χ3v) is 8.27. The lowest BCUT2D eigenvalue weighted by atomic mass is 9.87. The van der Waals surface area contributed by atoms with E-state index in [2.05, 4.69) is 138 Å². The fourth-order valence-corrected chi connectivity index (χ4v) is 6.58. The molecule has 0 saturated heterocycles. The molecule has 1 aliphatic carbocycles. The zero-order valence-electron chi connectivity index (χ0n) is 21.8. The van der Waals surface area contributed by atoms with Crippen molar-refractivity contribution in [1.82, 2.24) is 4.57 Å². The molecule has 0 N–H and O–H groups in total. The number of benzene rings is 6. The highest BCUT2D eigenvalue weighted by Gasteiger charge is 2.29. The molecule has 0 bridgehead atoms. The molecule has 40 heavy (non-hydrogen) atoms. The first-order chi connectivity index (χ1) is 19.8. The fourth-order valence-electron chi connectivity index (χ4n) is 6.58. The van der Waals surface area contributed by atoms with E-state index >= 15 is 0 Å². The van der Waals surface area contributed by atoms with Crippen LogP contribution in [0.25, 0.3) is 49.7 Å². The summed E-state index contributed by atoms with van der Waals surface area (Å²) in [5.74, 6) is 0.184. The van der Waals surface area contributed by atoms with Gasteiger partial charge in [-0.2, -0.15) is 5.26 Å². The Morgan fingerprint density at radius 1 is 0.525 bits per heavy atom. The highest BCUT2D eigenvalue weighted by atomic mass is 15.0. The van der Waals surface area contributed by atoms with Crippen molar-refractivity contribution in [2.45, 2.75) is 5.92 Å². The summed E-state index contributed by atoms with van der Waals surface area (Å²) in [5, 5.41) is 12.5. The summed E-state index contributed by atoms with van der Waals surface area (Å²) >= 11 is 0. The molecule has 1 heterocycles. The van der Waals surface area contributed by atoms with Gasteiger partial charge in [0.1, 0.15) is 0 Å². The number of hydrogen-bond acceptors (Lipinski definition) is 1. The second-order valence-electron chi connectivity index (χ2n) is 10.5. The molecule has 0 atom stereocenters. The van der Waals surface area contributed by atoms with Crippen LogP contribution in [0.4, 0.5) is 0 Å². The molecule has 0 spiro atoms. The first kappa shape index (κ1) is 22.6. The smallest absolute Gasteiger partial charge is 0.0992 e. The van der Waals surface area contributed by atoms with E-state index in [0.717, 1.165) is 27.8 Å². The summed E-state index contributed by atoms with van der Waals surface area (Å²) in [4.78, 5) is 0. The quantitative estimate of drug-likeness (QED) is 0.234. The van der Waals surface area contributed by atoms with Crippen molar-refractivity contribution in [3.05, 3.63) is 162 Å². The average molecular weight is 509 g/mol.